The molecule has 0 aromatic carbocycles. The molecule has 2 nitrogen and oxygen atoms in total. The van der Waals surface area contributed by atoms with Crippen LogP contribution in [-0.2, 0) is 4.79 Å². The molecule has 1 unspecified atom stereocenters. The number of nitrogens with zero attached hydrogens (tertiary/aromatic N) is 1. The maximum atomic E-state index is 11.4. The molecule has 14 heavy (non-hydrogen) atoms. The van der Waals surface area contributed by atoms with Crippen LogP contribution in [0.1, 0.15) is 45.4 Å². The summed E-state index contributed by atoms with van der Waals surface area (Å²) in [7, 11) is 0. The van der Waals surface area contributed by atoms with Gasteiger partial charge < -0.3 is 4.90 Å². The zero-order valence-electron chi connectivity index (χ0n) is 9.17. The predicted molar refractivity (Wildman–Crippen MR) is 57.2 cm³/mol. The standard InChI is InChI=1S/C12H21NO/c1-2-7-13-8-3-4-10-9-11(14)5-6-12(10)13/h10,12H,2-9H2,1H3/t10?,12-/m1/s1. The number of Topliss-reactive ketones (excluding diaryl/α,β-unsaturated/α-hetero) is 1. The quantitative estimate of drug-likeness (QED) is 0.673. The third kappa shape index (κ3) is 2.00. The summed E-state index contributed by atoms with van der Waals surface area (Å²) >= 11 is 0. The molecule has 1 aliphatic carbocycles. The van der Waals surface area contributed by atoms with Crippen LogP contribution < -0.4 is 0 Å². The van der Waals surface area contributed by atoms with Crippen LogP contribution in [0.2, 0.25) is 0 Å². The Labute approximate surface area is 86.7 Å². The SMILES string of the molecule is CCCN1CCCC2CC(=O)CC[C@H]21. The van der Waals surface area contributed by atoms with Crippen LogP contribution >= 0.6 is 0 Å². The zero-order valence-corrected chi connectivity index (χ0v) is 9.17. The molecule has 1 heterocycles. The fourth-order valence-electron chi connectivity index (χ4n) is 3.14. The molecule has 1 aliphatic heterocycles. The van der Waals surface area contributed by atoms with Crippen molar-refractivity contribution in [1.29, 1.82) is 0 Å². The molecule has 2 fully saturated rings. The fourth-order valence-corrected chi connectivity index (χ4v) is 3.14. The molecule has 0 bridgehead atoms. The summed E-state index contributed by atoms with van der Waals surface area (Å²) in [6.45, 7) is 4.75. The van der Waals surface area contributed by atoms with E-state index in [0.29, 0.717) is 11.7 Å². The van der Waals surface area contributed by atoms with E-state index in [1.54, 1.807) is 0 Å². The number of carbonyl (C=O) groups excluding carboxylic acids is 1. The van der Waals surface area contributed by atoms with E-state index >= 15 is 0 Å². The maximum absolute atomic E-state index is 11.4. The highest BCUT2D eigenvalue weighted by atomic mass is 16.1. The first kappa shape index (κ1) is 10.2. The Bertz CT molecular complexity index is 212. The Morgan fingerprint density at radius 3 is 3.07 bits per heavy atom. The van der Waals surface area contributed by atoms with Crippen molar-refractivity contribution < 1.29 is 4.79 Å². The number of piperidine rings is 1. The molecule has 0 N–H and O–H groups in total. The lowest BCUT2D eigenvalue weighted by Crippen LogP contribution is -2.48. The minimum Gasteiger partial charge on any atom is -0.300 e. The number of fused-ring (bicyclic) bond motifs is 1. The molecule has 1 saturated carbocycles. The number of carbonyl (C=O) groups is 1. The van der Waals surface area contributed by atoms with Gasteiger partial charge in [0.05, 0.1) is 0 Å². The molecule has 0 amide bonds. The first-order chi connectivity index (χ1) is 6.81. The molecule has 2 heteroatoms. The van der Waals surface area contributed by atoms with E-state index in [0.717, 1.165) is 25.3 Å². The van der Waals surface area contributed by atoms with Gasteiger partial charge in [0.15, 0.2) is 0 Å². The fraction of sp³-hybridized carbons (Fsp3) is 0.917. The van der Waals surface area contributed by atoms with Crippen LogP contribution in [0, 0.1) is 5.92 Å². The predicted octanol–water partition coefficient (Wildman–Crippen LogP) is 2.23. The van der Waals surface area contributed by atoms with Gasteiger partial charge in [-0.05, 0) is 44.7 Å². The highest BCUT2D eigenvalue weighted by molar-refractivity contribution is 5.79. The Hall–Kier alpha value is -0.370. The first-order valence-electron chi connectivity index (χ1n) is 6.07. The van der Waals surface area contributed by atoms with Crippen molar-refractivity contribution in [2.75, 3.05) is 13.1 Å². The van der Waals surface area contributed by atoms with Crippen LogP contribution in [0.3, 0.4) is 0 Å². The van der Waals surface area contributed by atoms with Gasteiger partial charge in [-0.1, -0.05) is 6.92 Å². The van der Waals surface area contributed by atoms with Crippen molar-refractivity contribution in [2.45, 2.75) is 51.5 Å². The maximum Gasteiger partial charge on any atom is 0.133 e. The highest BCUT2D eigenvalue weighted by Crippen LogP contribution is 2.33. The van der Waals surface area contributed by atoms with E-state index in [1.807, 2.05) is 0 Å². The molecule has 0 radical (unpaired) electrons. The second kappa shape index (κ2) is 4.43. The highest BCUT2D eigenvalue weighted by Gasteiger charge is 2.35. The van der Waals surface area contributed by atoms with E-state index in [1.165, 1.54) is 32.4 Å². The molecule has 1 saturated heterocycles. The summed E-state index contributed by atoms with van der Waals surface area (Å²) in [6, 6.07) is 0.737. The second-order valence-electron chi connectivity index (χ2n) is 4.79. The van der Waals surface area contributed by atoms with Crippen LogP contribution in [0.25, 0.3) is 0 Å². The van der Waals surface area contributed by atoms with Gasteiger partial charge >= 0.3 is 0 Å². The lowest BCUT2D eigenvalue weighted by atomic mass is 9.78. The van der Waals surface area contributed by atoms with E-state index in [9.17, 15) is 4.79 Å². The van der Waals surface area contributed by atoms with Crippen molar-refractivity contribution >= 4 is 5.78 Å². The molecule has 2 rings (SSSR count). The zero-order chi connectivity index (χ0) is 9.97. The van der Waals surface area contributed by atoms with Gasteiger partial charge in [0.2, 0.25) is 0 Å². The normalized spacial score (nSPS) is 34.2. The average molecular weight is 195 g/mol. The minimum atomic E-state index is 0.504. The smallest absolute Gasteiger partial charge is 0.133 e. The van der Waals surface area contributed by atoms with Gasteiger partial charge in [0, 0.05) is 18.9 Å². The molecule has 0 spiro atoms. The monoisotopic (exact) mass is 195 g/mol. The summed E-state index contributed by atoms with van der Waals surface area (Å²) < 4.78 is 0. The molecule has 80 valence electrons. The molecule has 2 aliphatic rings. The van der Waals surface area contributed by atoms with E-state index in [2.05, 4.69) is 11.8 Å². The van der Waals surface area contributed by atoms with Crippen LogP contribution in [0.4, 0.5) is 0 Å². The topological polar surface area (TPSA) is 20.3 Å². The van der Waals surface area contributed by atoms with Gasteiger partial charge in [-0.25, -0.2) is 0 Å². The Kier molecular flexibility index (Phi) is 3.22. The van der Waals surface area contributed by atoms with Crippen molar-refractivity contribution in [3.63, 3.8) is 0 Å². The third-order valence-corrected chi connectivity index (χ3v) is 3.75. The largest absolute Gasteiger partial charge is 0.300 e. The van der Waals surface area contributed by atoms with E-state index in [-0.39, 0.29) is 0 Å². The number of hydrogen-bond acceptors (Lipinski definition) is 2. The number of rotatable bonds is 2. The second-order valence-corrected chi connectivity index (χ2v) is 4.79. The molecule has 2 atom stereocenters. The van der Waals surface area contributed by atoms with Crippen LogP contribution in [-0.4, -0.2) is 29.8 Å². The molecule has 0 aromatic rings. The number of hydrogen-bond donors (Lipinski definition) is 0. The number of ketones is 1. The molecular formula is C12H21NO. The third-order valence-electron chi connectivity index (χ3n) is 3.75. The van der Waals surface area contributed by atoms with Crippen LogP contribution in [0.5, 0.6) is 0 Å². The summed E-state index contributed by atoms with van der Waals surface area (Å²) in [6.07, 6.45) is 6.66. The lowest BCUT2D eigenvalue weighted by Gasteiger charge is -2.43. The van der Waals surface area contributed by atoms with E-state index in [4.69, 9.17) is 0 Å². The van der Waals surface area contributed by atoms with Crippen molar-refractivity contribution in [3.05, 3.63) is 0 Å². The Morgan fingerprint density at radius 2 is 2.29 bits per heavy atom. The Balaban J connectivity index is 1.98. The Morgan fingerprint density at radius 1 is 1.43 bits per heavy atom. The summed E-state index contributed by atoms with van der Waals surface area (Å²) in [5.74, 6) is 1.20. The van der Waals surface area contributed by atoms with E-state index < -0.39 is 0 Å². The van der Waals surface area contributed by atoms with Crippen molar-refractivity contribution in [2.24, 2.45) is 5.92 Å². The van der Waals surface area contributed by atoms with Gasteiger partial charge in [-0.15, -0.1) is 0 Å². The average Bonchev–Trinajstić information content (AvgIpc) is 2.18. The van der Waals surface area contributed by atoms with Crippen molar-refractivity contribution in [1.82, 2.24) is 4.90 Å². The van der Waals surface area contributed by atoms with Gasteiger partial charge in [0.25, 0.3) is 0 Å². The lowest BCUT2D eigenvalue weighted by molar-refractivity contribution is -0.124. The summed E-state index contributed by atoms with van der Waals surface area (Å²) in [5, 5.41) is 0. The van der Waals surface area contributed by atoms with Gasteiger partial charge in [0.1, 0.15) is 5.78 Å². The van der Waals surface area contributed by atoms with Crippen LogP contribution in [0.15, 0.2) is 0 Å². The van der Waals surface area contributed by atoms with Gasteiger partial charge in [-0.3, -0.25) is 4.79 Å². The molecular weight excluding hydrogens is 174 g/mol. The van der Waals surface area contributed by atoms with Crippen molar-refractivity contribution in [3.8, 4) is 0 Å². The summed E-state index contributed by atoms with van der Waals surface area (Å²) in [5.41, 5.74) is 0. The molecule has 0 aromatic heterocycles. The minimum absolute atomic E-state index is 0.504. The van der Waals surface area contributed by atoms with Gasteiger partial charge in [-0.2, -0.15) is 0 Å². The first-order valence-corrected chi connectivity index (χ1v) is 6.07. The number of likely N-dealkylation sites (tertiary alicyclic amines) is 1. The summed E-state index contributed by atoms with van der Waals surface area (Å²) in [4.78, 5) is 14.0.